The van der Waals surface area contributed by atoms with Crippen LogP contribution in [0.15, 0.2) is 59.5 Å². The highest BCUT2D eigenvalue weighted by molar-refractivity contribution is 5.92. The van der Waals surface area contributed by atoms with E-state index >= 15 is 0 Å². The highest BCUT2D eigenvalue weighted by Gasteiger charge is 2.12. The van der Waals surface area contributed by atoms with Crippen LogP contribution in [0.2, 0.25) is 0 Å². The highest BCUT2D eigenvalue weighted by Crippen LogP contribution is 2.25. The van der Waals surface area contributed by atoms with Gasteiger partial charge in [0.1, 0.15) is 11.6 Å². The summed E-state index contributed by atoms with van der Waals surface area (Å²) in [5.74, 6) is 0.215. The zero-order valence-corrected chi connectivity index (χ0v) is 13.0. The van der Waals surface area contributed by atoms with Gasteiger partial charge in [-0.05, 0) is 24.3 Å². The lowest BCUT2D eigenvalue weighted by atomic mass is 10.1. The normalized spacial score (nSPS) is 10.4. The molecule has 0 saturated heterocycles. The maximum Gasteiger partial charge on any atom is 0.228 e. The molecule has 2 aromatic carbocycles. The lowest BCUT2D eigenvalue weighted by Gasteiger charge is -2.09. The molecule has 1 aromatic heterocycles. The highest BCUT2D eigenvalue weighted by atomic mass is 19.1. The number of hydrogen-bond donors (Lipinski definition) is 1. The van der Waals surface area contributed by atoms with Gasteiger partial charge in [0.25, 0.3) is 0 Å². The second-order valence-electron chi connectivity index (χ2n) is 5.10. The molecule has 0 aliphatic heterocycles. The third-order valence-corrected chi connectivity index (χ3v) is 3.49. The van der Waals surface area contributed by atoms with Gasteiger partial charge >= 0.3 is 0 Å². The quantitative estimate of drug-likeness (QED) is 0.777. The maximum absolute atomic E-state index is 14.2. The van der Waals surface area contributed by atoms with Gasteiger partial charge < -0.3 is 14.5 Å². The second-order valence-corrected chi connectivity index (χ2v) is 5.10. The van der Waals surface area contributed by atoms with Crippen molar-refractivity contribution in [2.24, 2.45) is 0 Å². The smallest absolute Gasteiger partial charge is 0.228 e. The van der Waals surface area contributed by atoms with Gasteiger partial charge in [0.2, 0.25) is 5.91 Å². The van der Waals surface area contributed by atoms with Crippen LogP contribution >= 0.6 is 0 Å². The van der Waals surface area contributed by atoms with E-state index in [4.69, 9.17) is 9.15 Å². The van der Waals surface area contributed by atoms with Crippen molar-refractivity contribution in [3.8, 4) is 17.1 Å². The van der Waals surface area contributed by atoms with Crippen LogP contribution in [0.3, 0.4) is 0 Å². The van der Waals surface area contributed by atoms with Crippen molar-refractivity contribution >= 4 is 11.6 Å². The number of hydrogen-bond acceptors (Lipinski definition) is 4. The SMILES string of the molecule is COc1ccccc1CC(=O)Nc1ccc(-c2cnco2)c(F)c1. The Labute approximate surface area is 138 Å². The topological polar surface area (TPSA) is 64.4 Å². The van der Waals surface area contributed by atoms with Crippen molar-refractivity contribution in [1.29, 1.82) is 0 Å². The number of ether oxygens (including phenoxy) is 1. The van der Waals surface area contributed by atoms with Crippen molar-refractivity contribution in [1.82, 2.24) is 4.98 Å². The van der Waals surface area contributed by atoms with Crippen LogP contribution in [0.1, 0.15) is 5.56 Å². The number of methoxy groups -OCH3 is 1. The zero-order valence-electron chi connectivity index (χ0n) is 13.0. The number of carbonyl (C=O) groups excluding carboxylic acids is 1. The average molecular weight is 326 g/mol. The summed E-state index contributed by atoms with van der Waals surface area (Å²) in [7, 11) is 1.55. The van der Waals surface area contributed by atoms with E-state index in [9.17, 15) is 9.18 Å². The molecule has 0 aliphatic rings. The van der Waals surface area contributed by atoms with Gasteiger partial charge in [-0.25, -0.2) is 9.37 Å². The number of rotatable bonds is 5. The fourth-order valence-corrected chi connectivity index (χ4v) is 2.37. The molecule has 1 amide bonds. The average Bonchev–Trinajstić information content (AvgIpc) is 3.09. The van der Waals surface area contributed by atoms with Crippen molar-refractivity contribution < 1.29 is 18.3 Å². The van der Waals surface area contributed by atoms with Crippen LogP contribution in [0.25, 0.3) is 11.3 Å². The minimum Gasteiger partial charge on any atom is -0.496 e. The Hall–Kier alpha value is -3.15. The number of carbonyl (C=O) groups is 1. The summed E-state index contributed by atoms with van der Waals surface area (Å²) in [5, 5.41) is 2.67. The molecule has 3 rings (SSSR count). The van der Waals surface area contributed by atoms with Crippen LogP contribution in [0, 0.1) is 5.82 Å². The number of anilines is 1. The van der Waals surface area contributed by atoms with E-state index in [1.54, 1.807) is 19.2 Å². The molecule has 5 nitrogen and oxygen atoms in total. The van der Waals surface area contributed by atoms with Crippen molar-refractivity contribution in [3.05, 3.63) is 66.4 Å². The summed E-state index contributed by atoms with van der Waals surface area (Å²) in [6.45, 7) is 0. The summed E-state index contributed by atoms with van der Waals surface area (Å²) < 4.78 is 24.4. The summed E-state index contributed by atoms with van der Waals surface area (Å²) in [6, 6.07) is 11.7. The zero-order chi connectivity index (χ0) is 16.9. The first kappa shape index (κ1) is 15.7. The Morgan fingerprint density at radius 3 is 2.83 bits per heavy atom. The summed E-state index contributed by atoms with van der Waals surface area (Å²) in [6.07, 6.45) is 2.80. The van der Waals surface area contributed by atoms with E-state index < -0.39 is 5.82 Å². The minimum atomic E-state index is -0.498. The van der Waals surface area contributed by atoms with Crippen LogP contribution in [0.4, 0.5) is 10.1 Å². The van der Waals surface area contributed by atoms with Crippen LogP contribution < -0.4 is 10.1 Å². The molecule has 24 heavy (non-hydrogen) atoms. The molecule has 0 bridgehead atoms. The molecule has 0 radical (unpaired) electrons. The number of nitrogens with zero attached hydrogens (tertiary/aromatic N) is 1. The van der Waals surface area contributed by atoms with Gasteiger partial charge in [-0.15, -0.1) is 0 Å². The van der Waals surface area contributed by atoms with E-state index in [1.807, 2.05) is 18.2 Å². The van der Waals surface area contributed by atoms with Crippen molar-refractivity contribution in [2.75, 3.05) is 12.4 Å². The third kappa shape index (κ3) is 3.43. The van der Waals surface area contributed by atoms with Crippen LogP contribution in [0.5, 0.6) is 5.75 Å². The predicted molar refractivity (Wildman–Crippen MR) is 87.2 cm³/mol. The van der Waals surface area contributed by atoms with Crippen molar-refractivity contribution in [2.45, 2.75) is 6.42 Å². The molecule has 0 fully saturated rings. The monoisotopic (exact) mass is 326 g/mol. The van der Waals surface area contributed by atoms with E-state index in [1.165, 1.54) is 24.7 Å². The van der Waals surface area contributed by atoms with Crippen LogP contribution in [-0.4, -0.2) is 18.0 Å². The molecular weight excluding hydrogens is 311 g/mol. The van der Waals surface area contributed by atoms with E-state index in [-0.39, 0.29) is 17.9 Å². The first-order valence-electron chi connectivity index (χ1n) is 7.27. The lowest BCUT2D eigenvalue weighted by molar-refractivity contribution is -0.115. The number of amides is 1. The Balaban J connectivity index is 1.72. The van der Waals surface area contributed by atoms with Gasteiger partial charge in [0.15, 0.2) is 12.2 Å². The Bertz CT molecular complexity index is 847. The predicted octanol–water partition coefficient (Wildman–Crippen LogP) is 3.67. The molecule has 0 unspecified atom stereocenters. The van der Waals surface area contributed by atoms with Gasteiger partial charge in [-0.3, -0.25) is 4.79 Å². The number of benzene rings is 2. The third-order valence-electron chi connectivity index (χ3n) is 3.49. The largest absolute Gasteiger partial charge is 0.496 e. The summed E-state index contributed by atoms with van der Waals surface area (Å²) >= 11 is 0. The molecule has 0 atom stereocenters. The Morgan fingerprint density at radius 1 is 1.29 bits per heavy atom. The number of nitrogens with one attached hydrogen (secondary N) is 1. The fourth-order valence-electron chi connectivity index (χ4n) is 2.37. The van der Waals surface area contributed by atoms with E-state index in [0.29, 0.717) is 17.2 Å². The standard InChI is InChI=1S/C18H15FN2O3/c1-23-16-5-3-2-4-12(16)8-18(22)21-13-6-7-14(15(19)9-13)17-10-20-11-24-17/h2-7,9-11H,8H2,1H3,(H,21,22). The molecule has 6 heteroatoms. The molecular formula is C18H15FN2O3. The molecule has 0 spiro atoms. The Kier molecular flexibility index (Phi) is 4.56. The van der Waals surface area contributed by atoms with E-state index in [2.05, 4.69) is 10.3 Å². The first-order valence-corrected chi connectivity index (χ1v) is 7.27. The van der Waals surface area contributed by atoms with Gasteiger partial charge in [0.05, 0.1) is 25.3 Å². The minimum absolute atomic E-state index is 0.134. The molecule has 0 aliphatic carbocycles. The molecule has 1 heterocycles. The first-order chi connectivity index (χ1) is 11.7. The maximum atomic E-state index is 14.2. The summed E-state index contributed by atoms with van der Waals surface area (Å²) in [4.78, 5) is 15.9. The van der Waals surface area contributed by atoms with E-state index in [0.717, 1.165) is 5.56 Å². The molecule has 122 valence electrons. The Morgan fingerprint density at radius 2 is 2.12 bits per heavy atom. The number of oxazole rings is 1. The van der Waals surface area contributed by atoms with Gasteiger partial charge in [-0.1, -0.05) is 18.2 Å². The van der Waals surface area contributed by atoms with Gasteiger partial charge in [0, 0.05) is 11.3 Å². The molecule has 3 aromatic rings. The van der Waals surface area contributed by atoms with Crippen molar-refractivity contribution in [3.63, 3.8) is 0 Å². The molecule has 1 N–H and O–H groups in total. The fraction of sp³-hybridized carbons (Fsp3) is 0.111. The summed E-state index contributed by atoms with van der Waals surface area (Å²) in [5.41, 5.74) is 1.42. The number of para-hydroxylation sites is 1. The number of aromatic nitrogens is 1. The van der Waals surface area contributed by atoms with Crippen LogP contribution in [-0.2, 0) is 11.2 Å². The second kappa shape index (κ2) is 6.95. The van der Waals surface area contributed by atoms with Gasteiger partial charge in [-0.2, -0.15) is 0 Å². The molecule has 0 saturated carbocycles. The number of halogens is 1. The lowest BCUT2D eigenvalue weighted by Crippen LogP contribution is -2.15.